The number of rotatable bonds is 5. The van der Waals surface area contributed by atoms with Gasteiger partial charge in [0.2, 0.25) is 11.9 Å². The van der Waals surface area contributed by atoms with Gasteiger partial charge in [0, 0.05) is 43.6 Å². The molecule has 11 heteroatoms. The lowest BCUT2D eigenvalue weighted by Gasteiger charge is -2.33. The highest BCUT2D eigenvalue weighted by Crippen LogP contribution is 2.30. The Morgan fingerprint density at radius 1 is 0.861 bits per heavy atom. The Morgan fingerprint density at radius 3 is 2.25 bits per heavy atom. The third-order valence-corrected chi connectivity index (χ3v) is 6.55. The molecule has 6 rings (SSSR count). The lowest BCUT2D eigenvalue weighted by Crippen LogP contribution is -2.44. The van der Waals surface area contributed by atoms with Gasteiger partial charge in [-0.15, -0.1) is 0 Å². The SMILES string of the molecule is O=C(Nc1ccc(-c2nc(N3CCOCC3)nc(N3CC4CCC(C3)O4)n2)cc1)Nc1cccnc1. The molecule has 3 aliphatic rings. The number of carbonyl (C=O) groups is 1. The maximum atomic E-state index is 12.3. The molecule has 3 aromatic rings. The minimum absolute atomic E-state index is 0.235. The number of hydrogen-bond donors (Lipinski definition) is 2. The van der Waals surface area contributed by atoms with Crippen LogP contribution in [-0.4, -0.2) is 77.6 Å². The summed E-state index contributed by atoms with van der Waals surface area (Å²) < 4.78 is 11.5. The van der Waals surface area contributed by atoms with Crippen LogP contribution in [0.5, 0.6) is 0 Å². The third kappa shape index (κ3) is 5.07. The summed E-state index contributed by atoms with van der Waals surface area (Å²) in [4.78, 5) is 35.2. The smallest absolute Gasteiger partial charge is 0.323 e. The van der Waals surface area contributed by atoms with Gasteiger partial charge in [-0.1, -0.05) is 0 Å². The van der Waals surface area contributed by atoms with E-state index in [2.05, 4.69) is 25.4 Å². The molecule has 0 aliphatic carbocycles. The molecule has 0 saturated carbocycles. The van der Waals surface area contributed by atoms with E-state index in [1.807, 2.05) is 24.3 Å². The molecule has 1 aromatic carbocycles. The highest BCUT2D eigenvalue weighted by atomic mass is 16.5. The van der Waals surface area contributed by atoms with Crippen molar-refractivity contribution in [3.05, 3.63) is 48.8 Å². The standard InChI is InChI=1S/C25H28N8O3/c34-25(28-19-2-1-9-26-14-19)27-18-5-3-17(4-6-18)22-29-23(32-10-12-35-13-11-32)31-24(30-22)33-15-20-7-8-21(16-33)36-20/h1-6,9,14,20-21H,7-8,10-13,15-16H2,(H2,27,28,34). The molecule has 2 amide bonds. The number of aromatic nitrogens is 4. The molecule has 3 saturated heterocycles. The number of anilines is 4. The second kappa shape index (κ2) is 10.0. The van der Waals surface area contributed by atoms with Gasteiger partial charge in [-0.25, -0.2) is 4.79 Å². The van der Waals surface area contributed by atoms with Gasteiger partial charge < -0.3 is 29.9 Å². The zero-order valence-electron chi connectivity index (χ0n) is 19.8. The van der Waals surface area contributed by atoms with Crippen molar-refractivity contribution in [3.8, 4) is 11.4 Å². The fourth-order valence-electron chi connectivity index (χ4n) is 4.74. The molecule has 2 bridgehead atoms. The average Bonchev–Trinajstić information content (AvgIpc) is 3.27. The number of morpholine rings is 2. The summed E-state index contributed by atoms with van der Waals surface area (Å²) >= 11 is 0. The van der Waals surface area contributed by atoms with Gasteiger partial charge >= 0.3 is 6.03 Å². The molecule has 2 aromatic heterocycles. The van der Waals surface area contributed by atoms with Crippen LogP contribution in [0.4, 0.5) is 28.1 Å². The van der Waals surface area contributed by atoms with Crippen molar-refractivity contribution in [2.75, 3.05) is 59.8 Å². The fraction of sp³-hybridized carbons (Fsp3) is 0.400. The molecule has 2 N–H and O–H groups in total. The molecule has 0 radical (unpaired) electrons. The quantitative estimate of drug-likeness (QED) is 0.559. The lowest BCUT2D eigenvalue weighted by atomic mass is 10.2. The van der Waals surface area contributed by atoms with Crippen LogP contribution in [0.15, 0.2) is 48.8 Å². The summed E-state index contributed by atoms with van der Waals surface area (Å²) in [7, 11) is 0. The maximum Gasteiger partial charge on any atom is 0.323 e. The molecule has 0 spiro atoms. The number of ether oxygens (including phenoxy) is 2. The first-order valence-electron chi connectivity index (χ1n) is 12.3. The number of carbonyl (C=O) groups excluding carboxylic acids is 1. The Hall–Kier alpha value is -3.83. The van der Waals surface area contributed by atoms with Crippen LogP contribution in [0.1, 0.15) is 12.8 Å². The van der Waals surface area contributed by atoms with Gasteiger partial charge in [0.25, 0.3) is 0 Å². The zero-order chi connectivity index (χ0) is 24.3. The summed E-state index contributed by atoms with van der Waals surface area (Å²) in [6.07, 6.45) is 5.88. The van der Waals surface area contributed by atoms with Crippen molar-refractivity contribution in [3.63, 3.8) is 0 Å². The minimum Gasteiger partial charge on any atom is -0.378 e. The number of nitrogens with zero attached hydrogens (tertiary/aromatic N) is 6. The Labute approximate surface area is 208 Å². The van der Waals surface area contributed by atoms with Crippen molar-refractivity contribution in [2.24, 2.45) is 0 Å². The number of urea groups is 1. The van der Waals surface area contributed by atoms with Crippen LogP contribution >= 0.6 is 0 Å². The van der Waals surface area contributed by atoms with Gasteiger partial charge in [0.05, 0.1) is 37.3 Å². The van der Waals surface area contributed by atoms with E-state index in [0.717, 1.165) is 44.6 Å². The minimum atomic E-state index is -0.338. The van der Waals surface area contributed by atoms with Crippen molar-refractivity contribution in [1.82, 2.24) is 19.9 Å². The molecule has 36 heavy (non-hydrogen) atoms. The second-order valence-corrected chi connectivity index (χ2v) is 9.12. The Bertz CT molecular complexity index is 1190. The third-order valence-electron chi connectivity index (χ3n) is 6.55. The van der Waals surface area contributed by atoms with Crippen molar-refractivity contribution < 1.29 is 14.3 Å². The number of benzene rings is 1. The van der Waals surface area contributed by atoms with Gasteiger partial charge in [-0.3, -0.25) is 4.98 Å². The number of fused-ring (bicyclic) bond motifs is 2. The van der Waals surface area contributed by atoms with Crippen LogP contribution in [0, 0.1) is 0 Å². The summed E-state index contributed by atoms with van der Waals surface area (Å²) in [5.74, 6) is 1.95. The molecule has 3 fully saturated rings. The van der Waals surface area contributed by atoms with Crippen molar-refractivity contribution in [1.29, 1.82) is 0 Å². The molecule has 11 nitrogen and oxygen atoms in total. The van der Waals surface area contributed by atoms with E-state index in [0.29, 0.717) is 42.3 Å². The molecular formula is C25H28N8O3. The second-order valence-electron chi connectivity index (χ2n) is 9.12. The number of pyridine rings is 1. The molecule has 2 unspecified atom stereocenters. The summed E-state index contributed by atoms with van der Waals surface area (Å²) in [5.41, 5.74) is 2.13. The summed E-state index contributed by atoms with van der Waals surface area (Å²) in [6, 6.07) is 10.7. The van der Waals surface area contributed by atoms with Gasteiger partial charge in [-0.05, 0) is 49.2 Å². The maximum absolute atomic E-state index is 12.3. The number of nitrogens with one attached hydrogen (secondary N) is 2. The highest BCUT2D eigenvalue weighted by molar-refractivity contribution is 5.99. The average molecular weight is 489 g/mol. The van der Waals surface area contributed by atoms with E-state index in [1.54, 1.807) is 24.5 Å². The first-order valence-corrected chi connectivity index (χ1v) is 12.3. The van der Waals surface area contributed by atoms with E-state index in [1.165, 1.54) is 0 Å². The number of hydrogen-bond acceptors (Lipinski definition) is 9. The Morgan fingerprint density at radius 2 is 1.56 bits per heavy atom. The van der Waals surface area contributed by atoms with E-state index in [4.69, 9.17) is 24.4 Å². The Balaban J connectivity index is 1.23. The van der Waals surface area contributed by atoms with Gasteiger partial charge in [0.15, 0.2) is 5.82 Å². The van der Waals surface area contributed by atoms with Crippen molar-refractivity contribution >= 4 is 29.3 Å². The fourth-order valence-corrected chi connectivity index (χ4v) is 4.74. The first-order chi connectivity index (χ1) is 17.7. The summed E-state index contributed by atoms with van der Waals surface area (Å²) in [6.45, 7) is 4.37. The first kappa shape index (κ1) is 22.6. The van der Waals surface area contributed by atoms with Crippen LogP contribution in [-0.2, 0) is 9.47 Å². The Kier molecular flexibility index (Phi) is 6.31. The van der Waals surface area contributed by atoms with Crippen LogP contribution in [0.2, 0.25) is 0 Å². The van der Waals surface area contributed by atoms with Crippen LogP contribution in [0.25, 0.3) is 11.4 Å². The largest absolute Gasteiger partial charge is 0.378 e. The molecular weight excluding hydrogens is 460 g/mol. The van der Waals surface area contributed by atoms with Gasteiger partial charge in [-0.2, -0.15) is 15.0 Å². The van der Waals surface area contributed by atoms with E-state index in [-0.39, 0.29) is 18.2 Å². The van der Waals surface area contributed by atoms with Crippen LogP contribution < -0.4 is 20.4 Å². The van der Waals surface area contributed by atoms with Crippen LogP contribution in [0.3, 0.4) is 0 Å². The summed E-state index contributed by atoms with van der Waals surface area (Å²) in [5, 5.41) is 5.60. The topological polar surface area (TPSA) is 118 Å². The normalized spacial score (nSPS) is 21.3. The highest BCUT2D eigenvalue weighted by Gasteiger charge is 2.35. The number of amides is 2. The zero-order valence-corrected chi connectivity index (χ0v) is 19.8. The van der Waals surface area contributed by atoms with Gasteiger partial charge in [0.1, 0.15) is 0 Å². The molecule has 186 valence electrons. The lowest BCUT2D eigenvalue weighted by molar-refractivity contribution is 0.0299. The molecule has 2 atom stereocenters. The van der Waals surface area contributed by atoms with E-state index in [9.17, 15) is 4.79 Å². The van der Waals surface area contributed by atoms with E-state index < -0.39 is 0 Å². The monoisotopic (exact) mass is 488 g/mol. The predicted molar refractivity (Wildman–Crippen MR) is 135 cm³/mol. The molecule has 3 aliphatic heterocycles. The van der Waals surface area contributed by atoms with E-state index >= 15 is 0 Å². The molecule has 5 heterocycles. The predicted octanol–water partition coefficient (Wildman–Crippen LogP) is 2.78. The van der Waals surface area contributed by atoms with Crippen molar-refractivity contribution in [2.45, 2.75) is 25.0 Å².